The lowest BCUT2D eigenvalue weighted by atomic mass is 9.81. The van der Waals surface area contributed by atoms with Gasteiger partial charge in [-0.25, -0.2) is 19.3 Å². The van der Waals surface area contributed by atoms with Crippen LogP contribution < -0.4 is 11.0 Å². The first-order valence-electron chi connectivity index (χ1n) is 7.86. The van der Waals surface area contributed by atoms with E-state index in [-0.39, 0.29) is 5.69 Å². The van der Waals surface area contributed by atoms with Crippen molar-refractivity contribution in [2.24, 2.45) is 11.8 Å². The largest absolute Gasteiger partial charge is 0.370 e. The third kappa shape index (κ3) is 2.94. The van der Waals surface area contributed by atoms with Crippen molar-refractivity contribution in [3.63, 3.8) is 0 Å². The van der Waals surface area contributed by atoms with Crippen LogP contribution in [0.4, 0.5) is 5.82 Å². The van der Waals surface area contributed by atoms with Gasteiger partial charge in [0.15, 0.2) is 5.65 Å². The molecule has 0 saturated heterocycles. The number of nitrogens with zero attached hydrogens (tertiary/aromatic N) is 3. The van der Waals surface area contributed by atoms with Gasteiger partial charge in [-0.3, -0.25) is 0 Å². The van der Waals surface area contributed by atoms with Crippen LogP contribution in [0, 0.1) is 18.8 Å². The number of aromatic nitrogens is 4. The third-order valence-corrected chi connectivity index (χ3v) is 4.69. The van der Waals surface area contributed by atoms with Crippen molar-refractivity contribution in [2.75, 3.05) is 11.9 Å². The molecule has 3 rings (SSSR count). The van der Waals surface area contributed by atoms with E-state index in [0.717, 1.165) is 24.2 Å². The number of H-pyrrole nitrogens is 1. The molecule has 1 saturated carbocycles. The van der Waals surface area contributed by atoms with Crippen molar-refractivity contribution >= 4 is 11.5 Å². The number of fused-ring (bicyclic) bond motifs is 1. The fourth-order valence-electron chi connectivity index (χ4n) is 3.28. The van der Waals surface area contributed by atoms with Crippen molar-refractivity contribution in [1.29, 1.82) is 0 Å². The Balaban J connectivity index is 1.65. The molecule has 0 aliphatic heterocycles. The lowest BCUT2D eigenvalue weighted by molar-refractivity contribution is 0.278. The quantitative estimate of drug-likeness (QED) is 0.906. The Labute approximate surface area is 124 Å². The van der Waals surface area contributed by atoms with E-state index in [1.165, 1.54) is 36.5 Å². The highest BCUT2D eigenvalue weighted by atomic mass is 16.1. The molecule has 0 aromatic carbocycles. The Bertz CT molecular complexity index is 666. The van der Waals surface area contributed by atoms with Crippen LogP contribution in [0.15, 0.2) is 10.9 Å². The summed E-state index contributed by atoms with van der Waals surface area (Å²) in [5.41, 5.74) is 0.379. The van der Waals surface area contributed by atoms with Crippen LogP contribution in [0.25, 0.3) is 5.65 Å². The molecule has 114 valence electrons. The number of aryl methyl sites for hydroxylation is 1. The van der Waals surface area contributed by atoms with Crippen LogP contribution in [0.3, 0.4) is 0 Å². The lowest BCUT2D eigenvalue weighted by Gasteiger charge is -2.28. The summed E-state index contributed by atoms with van der Waals surface area (Å²) >= 11 is 0. The topological polar surface area (TPSA) is 75.1 Å². The van der Waals surface area contributed by atoms with Gasteiger partial charge in [0.25, 0.3) is 0 Å². The molecule has 2 aromatic heterocycles. The lowest BCUT2D eigenvalue weighted by Crippen LogP contribution is -2.22. The zero-order valence-electron chi connectivity index (χ0n) is 12.7. The summed E-state index contributed by atoms with van der Waals surface area (Å²) in [7, 11) is 0. The minimum Gasteiger partial charge on any atom is -0.370 e. The Morgan fingerprint density at radius 1 is 1.33 bits per heavy atom. The molecule has 2 heterocycles. The molecule has 6 heteroatoms. The van der Waals surface area contributed by atoms with Gasteiger partial charge in [0.2, 0.25) is 0 Å². The van der Waals surface area contributed by atoms with Crippen LogP contribution >= 0.6 is 0 Å². The molecule has 6 nitrogen and oxygen atoms in total. The van der Waals surface area contributed by atoms with Crippen LogP contribution in [0.5, 0.6) is 0 Å². The molecule has 1 aliphatic carbocycles. The van der Waals surface area contributed by atoms with E-state index in [2.05, 4.69) is 27.4 Å². The van der Waals surface area contributed by atoms with E-state index < -0.39 is 0 Å². The molecular weight excluding hydrogens is 266 g/mol. The fraction of sp³-hybridized carbons (Fsp3) is 0.667. The van der Waals surface area contributed by atoms with Crippen molar-refractivity contribution in [1.82, 2.24) is 19.6 Å². The van der Waals surface area contributed by atoms with Crippen molar-refractivity contribution in [3.8, 4) is 0 Å². The Morgan fingerprint density at radius 3 is 2.76 bits per heavy atom. The Kier molecular flexibility index (Phi) is 3.94. The van der Waals surface area contributed by atoms with Gasteiger partial charge in [0, 0.05) is 12.6 Å². The number of anilines is 1. The molecule has 0 unspecified atom stereocenters. The first-order chi connectivity index (χ1) is 10.2. The molecule has 1 aliphatic rings. The maximum absolute atomic E-state index is 11.6. The van der Waals surface area contributed by atoms with Crippen LogP contribution in [-0.2, 0) is 0 Å². The molecule has 0 atom stereocenters. The molecule has 2 N–H and O–H groups in total. The second-order valence-electron chi connectivity index (χ2n) is 6.09. The summed E-state index contributed by atoms with van der Waals surface area (Å²) in [6.07, 6.45) is 6.61. The number of hydrogen-bond acceptors (Lipinski definition) is 4. The zero-order chi connectivity index (χ0) is 14.8. The van der Waals surface area contributed by atoms with E-state index in [4.69, 9.17) is 0 Å². The van der Waals surface area contributed by atoms with E-state index in [1.807, 2.05) is 13.0 Å². The second kappa shape index (κ2) is 5.87. The average Bonchev–Trinajstić information content (AvgIpc) is 2.87. The Morgan fingerprint density at radius 2 is 2.05 bits per heavy atom. The summed E-state index contributed by atoms with van der Waals surface area (Å²) in [5, 5.41) is 9.86. The normalized spacial score (nSPS) is 22.6. The van der Waals surface area contributed by atoms with Gasteiger partial charge in [-0.1, -0.05) is 26.2 Å². The molecule has 0 amide bonds. The maximum atomic E-state index is 11.6. The monoisotopic (exact) mass is 289 g/mol. The van der Waals surface area contributed by atoms with Gasteiger partial charge in [-0.05, 0) is 31.6 Å². The van der Waals surface area contributed by atoms with Gasteiger partial charge < -0.3 is 5.32 Å². The van der Waals surface area contributed by atoms with Gasteiger partial charge in [-0.2, -0.15) is 5.10 Å². The van der Waals surface area contributed by atoms with E-state index in [1.54, 1.807) is 0 Å². The summed E-state index contributed by atoms with van der Waals surface area (Å²) in [4.78, 5) is 16.0. The van der Waals surface area contributed by atoms with Gasteiger partial charge >= 0.3 is 5.69 Å². The Hall–Kier alpha value is -1.85. The van der Waals surface area contributed by atoms with Crippen molar-refractivity contribution in [3.05, 3.63) is 22.4 Å². The number of rotatable bonds is 4. The minimum absolute atomic E-state index is 0.237. The highest BCUT2D eigenvalue weighted by Gasteiger charge is 2.19. The van der Waals surface area contributed by atoms with Crippen LogP contribution in [-0.4, -0.2) is 26.1 Å². The summed E-state index contributed by atoms with van der Waals surface area (Å²) < 4.78 is 1.48. The van der Waals surface area contributed by atoms with Gasteiger partial charge in [-0.15, -0.1) is 0 Å². The molecule has 0 bridgehead atoms. The van der Waals surface area contributed by atoms with Gasteiger partial charge in [0.05, 0.1) is 0 Å². The predicted molar refractivity (Wildman–Crippen MR) is 82.6 cm³/mol. The summed E-state index contributed by atoms with van der Waals surface area (Å²) in [5.74, 6) is 3.11. The van der Waals surface area contributed by atoms with E-state index >= 15 is 0 Å². The first-order valence-corrected chi connectivity index (χ1v) is 7.86. The minimum atomic E-state index is -0.237. The molecule has 0 radical (unpaired) electrons. The number of nitrogens with one attached hydrogen (secondary N) is 2. The van der Waals surface area contributed by atoms with Crippen LogP contribution in [0.2, 0.25) is 0 Å². The van der Waals surface area contributed by atoms with Gasteiger partial charge in [0.1, 0.15) is 11.6 Å². The molecular formula is C15H23N5O. The SMILES string of the molecule is CCC1CCC(CNc2cc3n[nH]c(=O)n3c(C)n2)CC1. The highest BCUT2D eigenvalue weighted by molar-refractivity contribution is 5.49. The molecule has 2 aromatic rings. The predicted octanol–water partition coefficient (Wildman–Crippen LogP) is 2.35. The second-order valence-corrected chi connectivity index (χ2v) is 6.09. The number of aromatic amines is 1. The van der Waals surface area contributed by atoms with E-state index in [0.29, 0.717) is 11.5 Å². The van der Waals surface area contributed by atoms with Crippen molar-refractivity contribution < 1.29 is 0 Å². The van der Waals surface area contributed by atoms with Crippen LogP contribution in [0.1, 0.15) is 44.9 Å². The maximum Gasteiger partial charge on any atom is 0.349 e. The summed E-state index contributed by atoms with van der Waals surface area (Å²) in [6, 6.07) is 1.82. The number of hydrogen-bond donors (Lipinski definition) is 2. The highest BCUT2D eigenvalue weighted by Crippen LogP contribution is 2.30. The molecule has 21 heavy (non-hydrogen) atoms. The molecule has 1 fully saturated rings. The zero-order valence-corrected chi connectivity index (χ0v) is 12.7. The molecule has 0 spiro atoms. The average molecular weight is 289 g/mol. The third-order valence-electron chi connectivity index (χ3n) is 4.69. The first kappa shape index (κ1) is 14.1. The standard InChI is InChI=1S/C15H23N5O/c1-3-11-4-6-12(7-5-11)9-16-13-8-14-18-19-15(21)20(14)10(2)17-13/h8,11-12,16H,3-7,9H2,1-2H3,(H,19,21). The van der Waals surface area contributed by atoms with Crippen molar-refractivity contribution in [2.45, 2.75) is 46.0 Å². The summed E-state index contributed by atoms with van der Waals surface area (Å²) in [6.45, 7) is 5.06. The van der Waals surface area contributed by atoms with E-state index in [9.17, 15) is 4.79 Å². The fourth-order valence-corrected chi connectivity index (χ4v) is 3.28. The smallest absolute Gasteiger partial charge is 0.349 e.